The summed E-state index contributed by atoms with van der Waals surface area (Å²) in [5.74, 6) is 0.147. The van der Waals surface area contributed by atoms with Crippen molar-refractivity contribution in [2.75, 3.05) is 13.1 Å². The monoisotopic (exact) mass is 300 g/mol. The maximum atomic E-state index is 12.9. The van der Waals surface area contributed by atoms with Crippen LogP contribution in [0.5, 0.6) is 5.88 Å². The van der Waals surface area contributed by atoms with E-state index in [0.29, 0.717) is 24.5 Å². The van der Waals surface area contributed by atoms with E-state index in [9.17, 15) is 9.18 Å². The molecule has 1 aliphatic rings. The number of carbonyl (C=O) groups excluding carboxylic acids is 1. The van der Waals surface area contributed by atoms with Crippen LogP contribution in [0.25, 0.3) is 0 Å². The number of nitrogens with zero attached hydrogens (tertiary/aromatic N) is 2. The van der Waals surface area contributed by atoms with E-state index in [0.717, 1.165) is 12.1 Å². The van der Waals surface area contributed by atoms with E-state index in [1.54, 1.807) is 4.90 Å². The summed E-state index contributed by atoms with van der Waals surface area (Å²) in [4.78, 5) is 18.4. The third-order valence-corrected chi connectivity index (χ3v) is 3.67. The fourth-order valence-corrected chi connectivity index (χ4v) is 2.54. The number of rotatable bonds is 3. The SMILES string of the molecule is Cc1cccc(OC2CCN(C(=O)c3ccc(F)cc3)C2)n1. The molecule has 0 bridgehead atoms. The highest BCUT2D eigenvalue weighted by atomic mass is 19.1. The number of benzene rings is 1. The first-order chi connectivity index (χ1) is 10.6. The molecule has 1 fully saturated rings. The molecule has 1 aromatic carbocycles. The van der Waals surface area contributed by atoms with E-state index < -0.39 is 0 Å². The fraction of sp³-hybridized carbons (Fsp3) is 0.294. The van der Waals surface area contributed by atoms with Crippen LogP contribution in [0.15, 0.2) is 42.5 Å². The van der Waals surface area contributed by atoms with Gasteiger partial charge in [-0.1, -0.05) is 6.07 Å². The summed E-state index contributed by atoms with van der Waals surface area (Å²) in [7, 11) is 0. The lowest BCUT2D eigenvalue weighted by molar-refractivity contribution is 0.0771. The Morgan fingerprint density at radius 3 is 2.77 bits per heavy atom. The number of ether oxygens (including phenoxy) is 1. The largest absolute Gasteiger partial charge is 0.472 e. The summed E-state index contributed by atoms with van der Waals surface area (Å²) < 4.78 is 18.7. The molecular weight excluding hydrogens is 283 g/mol. The first-order valence-corrected chi connectivity index (χ1v) is 7.27. The smallest absolute Gasteiger partial charge is 0.253 e. The van der Waals surface area contributed by atoms with Gasteiger partial charge < -0.3 is 9.64 Å². The predicted molar refractivity (Wildman–Crippen MR) is 80.3 cm³/mol. The molecule has 1 aromatic heterocycles. The third-order valence-electron chi connectivity index (χ3n) is 3.67. The lowest BCUT2D eigenvalue weighted by Gasteiger charge is -2.17. The van der Waals surface area contributed by atoms with E-state index >= 15 is 0 Å². The first-order valence-electron chi connectivity index (χ1n) is 7.27. The zero-order valence-corrected chi connectivity index (χ0v) is 12.3. The molecular formula is C17H17FN2O2. The highest BCUT2D eigenvalue weighted by molar-refractivity contribution is 5.94. The Morgan fingerprint density at radius 2 is 2.05 bits per heavy atom. The zero-order valence-electron chi connectivity index (χ0n) is 12.3. The van der Waals surface area contributed by atoms with Crippen LogP contribution in [0, 0.1) is 12.7 Å². The predicted octanol–water partition coefficient (Wildman–Crippen LogP) is 2.82. The molecule has 3 rings (SSSR count). The number of halogens is 1. The van der Waals surface area contributed by atoms with Crippen LogP contribution in [-0.4, -0.2) is 35.0 Å². The third kappa shape index (κ3) is 3.24. The topological polar surface area (TPSA) is 42.4 Å². The number of hydrogen-bond donors (Lipinski definition) is 0. The number of hydrogen-bond acceptors (Lipinski definition) is 3. The molecule has 22 heavy (non-hydrogen) atoms. The van der Waals surface area contributed by atoms with Crippen LogP contribution in [0.2, 0.25) is 0 Å². The van der Waals surface area contributed by atoms with Crippen LogP contribution in [0.4, 0.5) is 4.39 Å². The Kier molecular flexibility index (Phi) is 4.04. The molecule has 2 heterocycles. The van der Waals surface area contributed by atoms with Gasteiger partial charge in [0, 0.05) is 30.3 Å². The molecule has 0 spiro atoms. The number of aromatic nitrogens is 1. The van der Waals surface area contributed by atoms with E-state index in [4.69, 9.17) is 4.74 Å². The molecule has 1 amide bonds. The molecule has 0 aliphatic carbocycles. The number of aryl methyl sites for hydroxylation is 1. The van der Waals surface area contributed by atoms with Crippen molar-refractivity contribution in [2.45, 2.75) is 19.4 Å². The van der Waals surface area contributed by atoms with E-state index in [2.05, 4.69) is 4.98 Å². The number of likely N-dealkylation sites (tertiary alicyclic amines) is 1. The van der Waals surface area contributed by atoms with Crippen molar-refractivity contribution in [3.05, 3.63) is 59.5 Å². The normalized spacial score (nSPS) is 17.5. The van der Waals surface area contributed by atoms with Gasteiger partial charge in [0.2, 0.25) is 5.88 Å². The average molecular weight is 300 g/mol. The van der Waals surface area contributed by atoms with Gasteiger partial charge in [-0.05, 0) is 37.3 Å². The van der Waals surface area contributed by atoms with E-state index in [-0.39, 0.29) is 17.8 Å². The molecule has 1 atom stereocenters. The van der Waals surface area contributed by atoms with Crippen molar-refractivity contribution >= 4 is 5.91 Å². The van der Waals surface area contributed by atoms with Crippen molar-refractivity contribution in [2.24, 2.45) is 0 Å². The van der Waals surface area contributed by atoms with Crippen LogP contribution in [-0.2, 0) is 0 Å². The molecule has 5 heteroatoms. The Bertz CT molecular complexity index is 673. The van der Waals surface area contributed by atoms with Gasteiger partial charge in [0.15, 0.2) is 0 Å². The van der Waals surface area contributed by atoms with Crippen LogP contribution < -0.4 is 4.74 Å². The maximum Gasteiger partial charge on any atom is 0.253 e. The average Bonchev–Trinajstić information content (AvgIpc) is 2.96. The zero-order chi connectivity index (χ0) is 15.5. The molecule has 2 aromatic rings. The van der Waals surface area contributed by atoms with E-state index in [1.807, 2.05) is 25.1 Å². The summed E-state index contributed by atoms with van der Waals surface area (Å²) in [6.07, 6.45) is 0.710. The van der Waals surface area contributed by atoms with Gasteiger partial charge in [-0.2, -0.15) is 0 Å². The highest BCUT2D eigenvalue weighted by Gasteiger charge is 2.28. The lowest BCUT2D eigenvalue weighted by atomic mass is 10.2. The summed E-state index contributed by atoms with van der Waals surface area (Å²) in [5.41, 5.74) is 1.39. The van der Waals surface area contributed by atoms with Crippen LogP contribution in [0.1, 0.15) is 22.5 Å². The molecule has 4 nitrogen and oxygen atoms in total. The van der Waals surface area contributed by atoms with Gasteiger partial charge in [0.05, 0.1) is 6.54 Å². The molecule has 0 saturated carbocycles. The summed E-state index contributed by atoms with van der Waals surface area (Å²) >= 11 is 0. The molecule has 1 saturated heterocycles. The summed E-state index contributed by atoms with van der Waals surface area (Å²) in [5, 5.41) is 0. The molecule has 114 valence electrons. The minimum Gasteiger partial charge on any atom is -0.472 e. The molecule has 1 unspecified atom stereocenters. The molecule has 1 aliphatic heterocycles. The van der Waals surface area contributed by atoms with Crippen molar-refractivity contribution in [3.8, 4) is 5.88 Å². The quantitative estimate of drug-likeness (QED) is 0.875. The highest BCUT2D eigenvalue weighted by Crippen LogP contribution is 2.19. The lowest BCUT2D eigenvalue weighted by Crippen LogP contribution is -2.31. The van der Waals surface area contributed by atoms with Crippen molar-refractivity contribution < 1.29 is 13.9 Å². The minimum atomic E-state index is -0.343. The Balaban J connectivity index is 1.62. The van der Waals surface area contributed by atoms with Gasteiger partial charge >= 0.3 is 0 Å². The van der Waals surface area contributed by atoms with Gasteiger partial charge in [-0.25, -0.2) is 9.37 Å². The van der Waals surface area contributed by atoms with Crippen molar-refractivity contribution in [3.63, 3.8) is 0 Å². The van der Waals surface area contributed by atoms with E-state index in [1.165, 1.54) is 24.3 Å². The van der Waals surface area contributed by atoms with Gasteiger partial charge in [0.1, 0.15) is 11.9 Å². The van der Waals surface area contributed by atoms with Crippen LogP contribution >= 0.6 is 0 Å². The molecule has 0 radical (unpaired) electrons. The number of pyridine rings is 1. The summed E-state index contributed by atoms with van der Waals surface area (Å²) in [6, 6.07) is 11.2. The van der Waals surface area contributed by atoms with Gasteiger partial charge in [-0.15, -0.1) is 0 Å². The van der Waals surface area contributed by atoms with Gasteiger partial charge in [0.25, 0.3) is 5.91 Å². The Hall–Kier alpha value is -2.43. The summed E-state index contributed by atoms with van der Waals surface area (Å²) in [6.45, 7) is 3.06. The van der Waals surface area contributed by atoms with Crippen LogP contribution in [0.3, 0.4) is 0 Å². The number of carbonyl (C=O) groups is 1. The fourth-order valence-electron chi connectivity index (χ4n) is 2.54. The minimum absolute atomic E-state index is 0.0568. The standard InChI is InChI=1S/C17H17FN2O2/c1-12-3-2-4-16(19-12)22-15-9-10-20(11-15)17(21)13-5-7-14(18)8-6-13/h2-8,15H,9-11H2,1H3. The molecule has 0 N–H and O–H groups in total. The second-order valence-corrected chi connectivity index (χ2v) is 5.40. The maximum absolute atomic E-state index is 12.9. The first kappa shape index (κ1) is 14.5. The second-order valence-electron chi connectivity index (χ2n) is 5.40. The Morgan fingerprint density at radius 1 is 1.27 bits per heavy atom. The number of amides is 1. The Labute approximate surface area is 128 Å². The van der Waals surface area contributed by atoms with Crippen molar-refractivity contribution in [1.82, 2.24) is 9.88 Å². The van der Waals surface area contributed by atoms with Gasteiger partial charge in [-0.3, -0.25) is 4.79 Å². The van der Waals surface area contributed by atoms with Crippen molar-refractivity contribution in [1.29, 1.82) is 0 Å². The second kappa shape index (κ2) is 6.13.